The van der Waals surface area contributed by atoms with Gasteiger partial charge >= 0.3 is 0 Å². The average Bonchev–Trinajstić information content (AvgIpc) is 3.20. The lowest BCUT2D eigenvalue weighted by molar-refractivity contribution is 0.168. The summed E-state index contributed by atoms with van der Waals surface area (Å²) in [6, 6.07) is 0. The molecule has 0 nitrogen and oxygen atoms in total. The van der Waals surface area contributed by atoms with Crippen LogP contribution in [0.2, 0.25) is 0 Å². The molecule has 4 atom stereocenters. The van der Waals surface area contributed by atoms with Gasteiger partial charge in [0, 0.05) is 0 Å². The Labute approximate surface area is 136 Å². The van der Waals surface area contributed by atoms with E-state index in [1.807, 2.05) is 0 Å². The molecule has 0 heteroatoms. The van der Waals surface area contributed by atoms with E-state index in [1.165, 1.54) is 51.4 Å². The Balaban J connectivity index is 1.41. The van der Waals surface area contributed by atoms with Gasteiger partial charge in [0.05, 0.1) is 0 Å². The molecule has 4 rings (SSSR count). The third-order valence-electron chi connectivity index (χ3n) is 7.19. The van der Waals surface area contributed by atoms with Crippen LogP contribution in [0, 0.1) is 23.7 Å². The predicted octanol–water partition coefficient (Wildman–Crippen LogP) is 6.37. The molecule has 4 aliphatic carbocycles. The van der Waals surface area contributed by atoms with E-state index in [2.05, 4.69) is 38.2 Å². The third-order valence-corrected chi connectivity index (χ3v) is 7.19. The van der Waals surface area contributed by atoms with Gasteiger partial charge in [-0.15, -0.1) is 0 Å². The van der Waals surface area contributed by atoms with Crippen molar-refractivity contribution in [1.82, 2.24) is 0 Å². The van der Waals surface area contributed by atoms with E-state index in [4.69, 9.17) is 0 Å². The zero-order chi connectivity index (χ0) is 15.1. The molecule has 0 saturated heterocycles. The molecule has 0 heterocycles. The van der Waals surface area contributed by atoms with Gasteiger partial charge < -0.3 is 0 Å². The van der Waals surface area contributed by atoms with Crippen LogP contribution in [0.3, 0.4) is 0 Å². The van der Waals surface area contributed by atoms with Crippen molar-refractivity contribution in [1.29, 1.82) is 0 Å². The fraction of sp³-hybridized carbons (Fsp3) is 0.636. The summed E-state index contributed by atoms with van der Waals surface area (Å²) >= 11 is 0. The molecular weight excluding hydrogens is 264 g/mol. The van der Waals surface area contributed by atoms with E-state index in [-0.39, 0.29) is 0 Å². The summed E-state index contributed by atoms with van der Waals surface area (Å²) in [5.41, 5.74) is 6.89. The van der Waals surface area contributed by atoms with Crippen LogP contribution in [0.15, 0.2) is 46.6 Å². The van der Waals surface area contributed by atoms with Crippen molar-refractivity contribution < 1.29 is 0 Å². The maximum atomic E-state index is 2.55. The zero-order valence-electron chi connectivity index (χ0n) is 14.3. The lowest BCUT2D eigenvalue weighted by Crippen LogP contribution is -2.28. The van der Waals surface area contributed by atoms with Gasteiger partial charge in [-0.25, -0.2) is 0 Å². The summed E-state index contributed by atoms with van der Waals surface area (Å²) in [5, 5.41) is 0. The summed E-state index contributed by atoms with van der Waals surface area (Å²) in [7, 11) is 0. The molecule has 0 aromatic carbocycles. The number of hydrogen-bond donors (Lipinski definition) is 0. The molecule has 4 aliphatic rings. The fourth-order valence-corrected chi connectivity index (χ4v) is 5.38. The van der Waals surface area contributed by atoms with Crippen LogP contribution in [0.4, 0.5) is 0 Å². The van der Waals surface area contributed by atoms with Gasteiger partial charge in [-0.05, 0) is 86.2 Å². The normalized spacial score (nSPS) is 33.2. The van der Waals surface area contributed by atoms with Crippen molar-refractivity contribution in [2.24, 2.45) is 23.7 Å². The Morgan fingerprint density at radius 1 is 0.773 bits per heavy atom. The first-order chi connectivity index (χ1) is 10.7. The highest BCUT2D eigenvalue weighted by Gasteiger charge is 2.33. The van der Waals surface area contributed by atoms with Crippen LogP contribution >= 0.6 is 0 Å². The predicted molar refractivity (Wildman–Crippen MR) is 94.6 cm³/mol. The third kappa shape index (κ3) is 2.55. The van der Waals surface area contributed by atoms with E-state index in [9.17, 15) is 0 Å². The van der Waals surface area contributed by atoms with Crippen molar-refractivity contribution in [2.45, 2.75) is 65.2 Å². The van der Waals surface area contributed by atoms with Crippen LogP contribution in [0.5, 0.6) is 0 Å². The Morgan fingerprint density at radius 3 is 1.68 bits per heavy atom. The van der Waals surface area contributed by atoms with Gasteiger partial charge in [0.1, 0.15) is 0 Å². The highest BCUT2D eigenvalue weighted by atomic mass is 14.4. The molecule has 0 bridgehead atoms. The molecule has 0 aromatic rings. The lowest BCUT2D eigenvalue weighted by atomic mass is 9.67. The van der Waals surface area contributed by atoms with Crippen molar-refractivity contribution in [3.05, 3.63) is 46.6 Å². The second-order valence-corrected chi connectivity index (χ2v) is 8.19. The minimum absolute atomic E-state index is 0.876. The SMILES string of the molecule is CC(C1CCC2=C(C=CC2)C1)C(C)C1CCC2=C(C=CC2)C1. The van der Waals surface area contributed by atoms with Crippen LogP contribution in [0.1, 0.15) is 65.2 Å². The molecule has 0 radical (unpaired) electrons. The maximum absolute atomic E-state index is 2.55. The molecular formula is C22H30. The van der Waals surface area contributed by atoms with E-state index in [0.29, 0.717) is 0 Å². The molecule has 0 spiro atoms. The molecule has 0 amide bonds. The summed E-state index contributed by atoms with van der Waals surface area (Å²) in [5.74, 6) is 3.60. The van der Waals surface area contributed by atoms with E-state index in [1.54, 1.807) is 22.3 Å². The zero-order valence-corrected chi connectivity index (χ0v) is 14.3. The first kappa shape index (κ1) is 14.5. The van der Waals surface area contributed by atoms with E-state index < -0.39 is 0 Å². The molecule has 0 aromatic heterocycles. The summed E-state index contributed by atoms with van der Waals surface area (Å²) in [6.07, 6.45) is 20.4. The molecule has 0 saturated carbocycles. The van der Waals surface area contributed by atoms with Gasteiger partial charge in [-0.3, -0.25) is 0 Å². The van der Waals surface area contributed by atoms with Crippen molar-refractivity contribution in [3.8, 4) is 0 Å². The fourth-order valence-electron chi connectivity index (χ4n) is 5.38. The standard InChI is InChI=1S/C22H30/c1-15(19-11-9-17-5-3-7-21(17)13-19)16(2)20-12-10-18-6-4-8-22(18)14-20/h3-4,7-8,15-16,19-20H,5-6,9-14H2,1-2H3. The summed E-state index contributed by atoms with van der Waals surface area (Å²) < 4.78 is 0. The van der Waals surface area contributed by atoms with Crippen LogP contribution in [-0.4, -0.2) is 0 Å². The number of hydrogen-bond acceptors (Lipinski definition) is 0. The van der Waals surface area contributed by atoms with E-state index in [0.717, 1.165) is 23.7 Å². The minimum Gasteiger partial charge on any atom is -0.0802 e. The lowest BCUT2D eigenvalue weighted by Gasteiger charge is -2.38. The van der Waals surface area contributed by atoms with E-state index >= 15 is 0 Å². The highest BCUT2D eigenvalue weighted by Crippen LogP contribution is 2.46. The molecule has 0 fully saturated rings. The molecule has 118 valence electrons. The molecule has 0 N–H and O–H groups in total. The number of allylic oxidation sites excluding steroid dienone is 8. The van der Waals surface area contributed by atoms with Crippen LogP contribution in [-0.2, 0) is 0 Å². The monoisotopic (exact) mass is 294 g/mol. The second kappa shape index (κ2) is 5.87. The summed E-state index contributed by atoms with van der Waals surface area (Å²) in [6.45, 7) is 5.10. The van der Waals surface area contributed by atoms with Gasteiger partial charge in [0.25, 0.3) is 0 Å². The Morgan fingerprint density at radius 2 is 1.23 bits per heavy atom. The first-order valence-electron chi connectivity index (χ1n) is 9.47. The van der Waals surface area contributed by atoms with Gasteiger partial charge in [-0.2, -0.15) is 0 Å². The summed E-state index contributed by atoms with van der Waals surface area (Å²) in [4.78, 5) is 0. The van der Waals surface area contributed by atoms with Crippen molar-refractivity contribution in [3.63, 3.8) is 0 Å². The Kier molecular flexibility index (Phi) is 3.88. The maximum Gasteiger partial charge on any atom is -0.0130 e. The average molecular weight is 294 g/mol. The minimum atomic E-state index is 0.876. The quantitative estimate of drug-likeness (QED) is 0.567. The van der Waals surface area contributed by atoms with Crippen LogP contribution < -0.4 is 0 Å². The number of rotatable bonds is 3. The van der Waals surface area contributed by atoms with Gasteiger partial charge in [0.15, 0.2) is 0 Å². The van der Waals surface area contributed by atoms with Gasteiger partial charge in [-0.1, -0.05) is 49.3 Å². The van der Waals surface area contributed by atoms with Gasteiger partial charge in [0.2, 0.25) is 0 Å². The Hall–Kier alpha value is -1.04. The smallest absolute Gasteiger partial charge is 0.0130 e. The van der Waals surface area contributed by atoms with Crippen LogP contribution in [0.25, 0.3) is 0 Å². The highest BCUT2D eigenvalue weighted by molar-refractivity contribution is 5.37. The molecule has 22 heavy (non-hydrogen) atoms. The molecule has 4 unspecified atom stereocenters. The topological polar surface area (TPSA) is 0 Å². The van der Waals surface area contributed by atoms with Crippen molar-refractivity contribution >= 4 is 0 Å². The Bertz CT molecular complexity index is 517. The largest absolute Gasteiger partial charge is 0.0802 e. The van der Waals surface area contributed by atoms with Crippen molar-refractivity contribution in [2.75, 3.05) is 0 Å². The molecule has 0 aliphatic heterocycles. The second-order valence-electron chi connectivity index (χ2n) is 8.19. The first-order valence-corrected chi connectivity index (χ1v) is 9.47.